The van der Waals surface area contributed by atoms with E-state index in [-0.39, 0.29) is 12.0 Å². The zero-order valence-corrected chi connectivity index (χ0v) is 16.9. The average molecular weight is 441 g/mol. The zero-order chi connectivity index (χ0) is 21.4. The standard InChI is InChI=1S/C22H23ClF2O5/c23-19-13(7-11-1-3-12(4-2-11)22(24)25)8-15(14-5-6-29-21(14)19)17-9-16(27)20(28)18(10-26)30-17/h1-4,8,16-18,20,22,26-28H,5-7,9-10H2/t16?,17?,18?,20-/m0/s1. The maximum absolute atomic E-state index is 12.8. The molecule has 0 aromatic heterocycles. The first-order valence-corrected chi connectivity index (χ1v) is 10.2. The number of hydrogen-bond acceptors (Lipinski definition) is 5. The van der Waals surface area contributed by atoms with Crippen molar-refractivity contribution in [3.63, 3.8) is 0 Å². The van der Waals surface area contributed by atoms with Crippen molar-refractivity contribution in [1.29, 1.82) is 0 Å². The van der Waals surface area contributed by atoms with Crippen molar-refractivity contribution in [3.8, 4) is 5.75 Å². The Kier molecular flexibility index (Phi) is 6.27. The molecule has 2 aromatic rings. The minimum atomic E-state index is -2.52. The van der Waals surface area contributed by atoms with Crippen LogP contribution in [0, 0.1) is 0 Å². The molecule has 0 saturated carbocycles. The Balaban J connectivity index is 1.68. The summed E-state index contributed by atoms with van der Waals surface area (Å²) < 4.78 is 37.2. The number of aliphatic hydroxyl groups is 3. The third kappa shape index (κ3) is 4.05. The molecule has 0 aliphatic carbocycles. The van der Waals surface area contributed by atoms with Crippen LogP contribution in [0.2, 0.25) is 5.02 Å². The number of rotatable bonds is 5. The predicted octanol–water partition coefficient (Wildman–Crippen LogP) is 3.35. The van der Waals surface area contributed by atoms with Crippen molar-refractivity contribution >= 4 is 11.6 Å². The Morgan fingerprint density at radius 3 is 2.57 bits per heavy atom. The molecule has 0 bridgehead atoms. The highest BCUT2D eigenvalue weighted by molar-refractivity contribution is 6.33. The van der Waals surface area contributed by atoms with Crippen LogP contribution in [-0.2, 0) is 17.6 Å². The van der Waals surface area contributed by atoms with E-state index in [1.807, 2.05) is 6.07 Å². The number of ether oxygens (including phenoxy) is 2. The molecule has 2 aliphatic heterocycles. The van der Waals surface area contributed by atoms with Gasteiger partial charge in [0.25, 0.3) is 6.43 Å². The van der Waals surface area contributed by atoms with E-state index in [4.69, 9.17) is 21.1 Å². The summed E-state index contributed by atoms with van der Waals surface area (Å²) in [6, 6.07) is 7.97. The van der Waals surface area contributed by atoms with Gasteiger partial charge in [-0.2, -0.15) is 0 Å². The van der Waals surface area contributed by atoms with E-state index in [9.17, 15) is 24.1 Å². The number of aliphatic hydroxyl groups excluding tert-OH is 3. The van der Waals surface area contributed by atoms with Gasteiger partial charge in [0, 0.05) is 24.0 Å². The summed E-state index contributed by atoms with van der Waals surface area (Å²) in [7, 11) is 0. The number of benzene rings is 2. The highest BCUT2D eigenvalue weighted by Crippen LogP contribution is 2.44. The minimum Gasteiger partial charge on any atom is -0.491 e. The van der Waals surface area contributed by atoms with Gasteiger partial charge < -0.3 is 24.8 Å². The molecular formula is C22H23ClF2O5. The van der Waals surface area contributed by atoms with Crippen molar-refractivity contribution in [1.82, 2.24) is 0 Å². The van der Waals surface area contributed by atoms with E-state index in [2.05, 4.69) is 0 Å². The Morgan fingerprint density at radius 2 is 1.90 bits per heavy atom. The maximum atomic E-state index is 12.8. The molecule has 5 nitrogen and oxygen atoms in total. The summed E-state index contributed by atoms with van der Waals surface area (Å²) in [6.07, 6.45) is -4.91. The van der Waals surface area contributed by atoms with E-state index in [0.29, 0.717) is 30.2 Å². The second kappa shape index (κ2) is 8.77. The molecule has 0 amide bonds. The maximum Gasteiger partial charge on any atom is 0.263 e. The monoisotopic (exact) mass is 440 g/mol. The van der Waals surface area contributed by atoms with Gasteiger partial charge in [-0.1, -0.05) is 41.9 Å². The lowest BCUT2D eigenvalue weighted by Crippen LogP contribution is -2.47. The van der Waals surface area contributed by atoms with E-state index in [1.54, 1.807) is 12.1 Å². The summed E-state index contributed by atoms with van der Waals surface area (Å²) in [6.45, 7) is 0.0558. The summed E-state index contributed by atoms with van der Waals surface area (Å²) in [4.78, 5) is 0. The van der Waals surface area contributed by atoms with Gasteiger partial charge in [-0.05, 0) is 23.1 Å². The van der Waals surface area contributed by atoms with E-state index in [0.717, 1.165) is 22.3 Å². The van der Waals surface area contributed by atoms with Crippen LogP contribution in [0.3, 0.4) is 0 Å². The smallest absolute Gasteiger partial charge is 0.263 e. The van der Waals surface area contributed by atoms with Crippen molar-refractivity contribution < 1.29 is 33.6 Å². The van der Waals surface area contributed by atoms with Crippen molar-refractivity contribution in [2.45, 2.75) is 50.1 Å². The van der Waals surface area contributed by atoms with Crippen LogP contribution in [0.4, 0.5) is 8.78 Å². The average Bonchev–Trinajstić information content (AvgIpc) is 3.23. The number of halogens is 3. The molecule has 3 unspecified atom stereocenters. The Bertz CT molecular complexity index is 905. The molecule has 4 atom stereocenters. The Labute approximate surface area is 177 Å². The molecule has 3 N–H and O–H groups in total. The second-order valence-electron chi connectivity index (χ2n) is 7.70. The lowest BCUT2D eigenvalue weighted by molar-refractivity contribution is -0.181. The number of fused-ring (bicyclic) bond motifs is 1. The molecule has 0 spiro atoms. The van der Waals surface area contributed by atoms with Crippen LogP contribution in [0.15, 0.2) is 30.3 Å². The highest BCUT2D eigenvalue weighted by Gasteiger charge is 2.39. The summed E-state index contributed by atoms with van der Waals surface area (Å²) in [5, 5.41) is 30.2. The molecule has 0 radical (unpaired) electrons. The quantitative estimate of drug-likeness (QED) is 0.664. The van der Waals surface area contributed by atoms with E-state index in [1.165, 1.54) is 12.1 Å². The second-order valence-corrected chi connectivity index (χ2v) is 8.08. The van der Waals surface area contributed by atoms with E-state index < -0.39 is 37.4 Å². The molecule has 8 heteroatoms. The van der Waals surface area contributed by atoms with Gasteiger partial charge in [0.1, 0.15) is 18.0 Å². The van der Waals surface area contributed by atoms with Gasteiger partial charge in [-0.3, -0.25) is 0 Å². The first kappa shape index (κ1) is 21.5. The number of alkyl halides is 2. The predicted molar refractivity (Wildman–Crippen MR) is 106 cm³/mol. The van der Waals surface area contributed by atoms with Gasteiger partial charge in [-0.15, -0.1) is 0 Å². The van der Waals surface area contributed by atoms with Crippen LogP contribution in [0.1, 0.15) is 46.8 Å². The lowest BCUT2D eigenvalue weighted by Gasteiger charge is -2.37. The van der Waals surface area contributed by atoms with Crippen LogP contribution >= 0.6 is 11.6 Å². The van der Waals surface area contributed by atoms with Gasteiger partial charge in [0.2, 0.25) is 0 Å². The van der Waals surface area contributed by atoms with Crippen LogP contribution in [-0.4, -0.2) is 46.8 Å². The normalized spacial score (nSPS) is 26.0. The van der Waals surface area contributed by atoms with Crippen molar-refractivity contribution in [3.05, 3.63) is 63.2 Å². The number of hydrogen-bond donors (Lipinski definition) is 3. The fourth-order valence-electron chi connectivity index (χ4n) is 4.13. The van der Waals surface area contributed by atoms with Gasteiger partial charge >= 0.3 is 0 Å². The van der Waals surface area contributed by atoms with Gasteiger partial charge in [0.05, 0.1) is 30.4 Å². The first-order valence-electron chi connectivity index (χ1n) is 9.85. The lowest BCUT2D eigenvalue weighted by atomic mass is 9.88. The molecular weight excluding hydrogens is 418 g/mol. The van der Waals surface area contributed by atoms with Gasteiger partial charge in [0.15, 0.2) is 0 Å². The topological polar surface area (TPSA) is 79.2 Å². The summed E-state index contributed by atoms with van der Waals surface area (Å²) in [5.41, 5.74) is 3.22. The van der Waals surface area contributed by atoms with Crippen LogP contribution in [0.5, 0.6) is 5.75 Å². The molecule has 162 valence electrons. The van der Waals surface area contributed by atoms with Crippen molar-refractivity contribution in [2.24, 2.45) is 0 Å². The molecule has 1 saturated heterocycles. The largest absolute Gasteiger partial charge is 0.491 e. The van der Waals surface area contributed by atoms with Crippen LogP contribution in [0.25, 0.3) is 0 Å². The first-order chi connectivity index (χ1) is 14.4. The highest BCUT2D eigenvalue weighted by atomic mass is 35.5. The summed E-state index contributed by atoms with van der Waals surface area (Å²) >= 11 is 6.59. The summed E-state index contributed by atoms with van der Waals surface area (Å²) in [5.74, 6) is 0.568. The third-order valence-electron chi connectivity index (χ3n) is 5.75. The van der Waals surface area contributed by atoms with Crippen LogP contribution < -0.4 is 4.74 Å². The van der Waals surface area contributed by atoms with E-state index >= 15 is 0 Å². The van der Waals surface area contributed by atoms with Crippen molar-refractivity contribution in [2.75, 3.05) is 13.2 Å². The Hall–Kier alpha value is -1.77. The minimum absolute atomic E-state index is 0.0407. The molecule has 2 aliphatic rings. The molecule has 1 fully saturated rings. The Morgan fingerprint density at radius 1 is 1.17 bits per heavy atom. The zero-order valence-electron chi connectivity index (χ0n) is 16.1. The fraction of sp³-hybridized carbons (Fsp3) is 0.455. The molecule has 30 heavy (non-hydrogen) atoms. The van der Waals surface area contributed by atoms with Gasteiger partial charge in [-0.25, -0.2) is 8.78 Å². The third-order valence-corrected chi connectivity index (χ3v) is 6.17. The SMILES string of the molecule is OCC1OC(c2cc(Cc3ccc(C(F)F)cc3)c(Cl)c3c2CCO3)CC(O)[C@@H]1O. The molecule has 2 heterocycles. The molecule has 4 rings (SSSR count). The fourth-order valence-corrected chi connectivity index (χ4v) is 4.42. The molecule has 2 aromatic carbocycles.